The lowest BCUT2D eigenvalue weighted by Gasteiger charge is -2.16. The van der Waals surface area contributed by atoms with Crippen LogP contribution in [0.3, 0.4) is 0 Å². The third-order valence-electron chi connectivity index (χ3n) is 4.91. The molecule has 1 amide bonds. The lowest BCUT2D eigenvalue weighted by atomic mass is 9.92. The average Bonchev–Trinajstić information content (AvgIpc) is 2.72. The molecule has 0 aromatic heterocycles. The summed E-state index contributed by atoms with van der Waals surface area (Å²) in [7, 11) is -0.606. The first kappa shape index (κ1) is 21.1. The van der Waals surface area contributed by atoms with Gasteiger partial charge in [0.1, 0.15) is 11.5 Å². The van der Waals surface area contributed by atoms with Crippen LogP contribution in [0.4, 0.5) is 5.69 Å². The molecule has 0 bridgehead atoms. The van der Waals surface area contributed by atoms with Crippen LogP contribution in [0.5, 0.6) is 11.5 Å². The maximum Gasteiger partial charge on any atom is 0.240 e. The van der Waals surface area contributed by atoms with Crippen molar-refractivity contribution in [1.29, 1.82) is 0 Å². The van der Waals surface area contributed by atoms with E-state index < -0.39 is 10.0 Å². The molecule has 0 heterocycles. The summed E-state index contributed by atoms with van der Waals surface area (Å²) in [6, 6.07) is 10.3. The standard InChI is InChI=1S/C21H26N2O5S/c1-27-18-12-17(13-19(14-18)28-2)23-21(24)9-10-22-29(25,26)20-8-7-15-5-3-4-6-16(15)11-20/h7-8,11-14,22H,3-6,9-10H2,1-2H3,(H,23,24). The number of fused-ring (bicyclic) bond motifs is 1. The fourth-order valence-corrected chi connectivity index (χ4v) is 4.44. The molecule has 1 aliphatic rings. The van der Waals surface area contributed by atoms with Crippen LogP contribution in [-0.4, -0.2) is 35.1 Å². The number of aryl methyl sites for hydroxylation is 2. The van der Waals surface area contributed by atoms with E-state index in [1.807, 2.05) is 6.07 Å². The van der Waals surface area contributed by atoms with Crippen molar-refractivity contribution in [3.05, 3.63) is 47.5 Å². The summed E-state index contributed by atoms with van der Waals surface area (Å²) in [5.41, 5.74) is 2.84. The summed E-state index contributed by atoms with van der Waals surface area (Å²) in [5, 5.41) is 2.72. The molecule has 2 aromatic carbocycles. The number of ether oxygens (including phenoxy) is 2. The lowest BCUT2D eigenvalue weighted by molar-refractivity contribution is -0.116. The van der Waals surface area contributed by atoms with Crippen molar-refractivity contribution in [2.24, 2.45) is 0 Å². The molecular weight excluding hydrogens is 392 g/mol. The third-order valence-corrected chi connectivity index (χ3v) is 6.37. The van der Waals surface area contributed by atoms with Crippen molar-refractivity contribution in [3.8, 4) is 11.5 Å². The molecule has 156 valence electrons. The molecule has 0 unspecified atom stereocenters. The number of benzene rings is 2. The number of carbonyl (C=O) groups excluding carboxylic acids is 1. The molecule has 8 heteroatoms. The van der Waals surface area contributed by atoms with Gasteiger partial charge < -0.3 is 14.8 Å². The van der Waals surface area contributed by atoms with E-state index in [4.69, 9.17) is 9.47 Å². The highest BCUT2D eigenvalue weighted by Gasteiger charge is 2.18. The van der Waals surface area contributed by atoms with E-state index in [1.165, 1.54) is 19.8 Å². The summed E-state index contributed by atoms with van der Waals surface area (Å²) in [6.07, 6.45) is 4.14. The molecule has 0 radical (unpaired) electrons. The van der Waals surface area contributed by atoms with Crippen LogP contribution in [0.1, 0.15) is 30.4 Å². The van der Waals surface area contributed by atoms with Crippen LogP contribution < -0.4 is 19.5 Å². The molecule has 7 nitrogen and oxygen atoms in total. The Bertz CT molecular complexity index is 966. The topological polar surface area (TPSA) is 93.7 Å². The lowest BCUT2D eigenvalue weighted by Crippen LogP contribution is -2.28. The van der Waals surface area contributed by atoms with Crippen LogP contribution in [0, 0.1) is 0 Å². The second kappa shape index (κ2) is 9.28. The van der Waals surface area contributed by atoms with Crippen LogP contribution in [-0.2, 0) is 27.7 Å². The second-order valence-corrected chi connectivity index (χ2v) is 8.70. The number of nitrogens with one attached hydrogen (secondary N) is 2. The van der Waals surface area contributed by atoms with E-state index in [2.05, 4.69) is 10.0 Å². The zero-order valence-corrected chi connectivity index (χ0v) is 17.5. The molecule has 3 rings (SSSR count). The quantitative estimate of drug-likeness (QED) is 0.688. The molecule has 2 N–H and O–H groups in total. The van der Waals surface area contributed by atoms with Gasteiger partial charge in [-0.2, -0.15) is 0 Å². The van der Waals surface area contributed by atoms with Gasteiger partial charge in [0, 0.05) is 36.9 Å². The van der Waals surface area contributed by atoms with Gasteiger partial charge in [-0.3, -0.25) is 4.79 Å². The van der Waals surface area contributed by atoms with E-state index in [9.17, 15) is 13.2 Å². The second-order valence-electron chi connectivity index (χ2n) is 6.93. The highest BCUT2D eigenvalue weighted by atomic mass is 32.2. The molecule has 1 aliphatic carbocycles. The van der Waals surface area contributed by atoms with Gasteiger partial charge in [0.05, 0.1) is 19.1 Å². The number of hydrogen-bond donors (Lipinski definition) is 2. The molecule has 0 saturated carbocycles. The summed E-state index contributed by atoms with van der Waals surface area (Å²) < 4.78 is 37.9. The van der Waals surface area contributed by atoms with E-state index >= 15 is 0 Å². The van der Waals surface area contributed by atoms with Crippen LogP contribution >= 0.6 is 0 Å². The van der Waals surface area contributed by atoms with Gasteiger partial charge >= 0.3 is 0 Å². The average molecular weight is 419 g/mol. The van der Waals surface area contributed by atoms with Crippen molar-refractivity contribution in [1.82, 2.24) is 4.72 Å². The van der Waals surface area contributed by atoms with Gasteiger partial charge in [0.2, 0.25) is 15.9 Å². The Morgan fingerprint density at radius 3 is 2.28 bits per heavy atom. The Kier molecular flexibility index (Phi) is 6.76. The zero-order valence-electron chi connectivity index (χ0n) is 16.7. The number of anilines is 1. The molecule has 0 aliphatic heterocycles. The number of sulfonamides is 1. The Labute approximate surface area is 171 Å². The fourth-order valence-electron chi connectivity index (χ4n) is 3.36. The monoisotopic (exact) mass is 418 g/mol. The van der Waals surface area contributed by atoms with Crippen molar-refractivity contribution >= 4 is 21.6 Å². The van der Waals surface area contributed by atoms with Crippen molar-refractivity contribution in [3.63, 3.8) is 0 Å². The van der Waals surface area contributed by atoms with Gasteiger partial charge in [0.15, 0.2) is 0 Å². The van der Waals surface area contributed by atoms with Crippen LogP contribution in [0.25, 0.3) is 0 Å². The van der Waals surface area contributed by atoms with E-state index in [-0.39, 0.29) is 23.8 Å². The first-order valence-corrected chi connectivity index (χ1v) is 11.0. The van der Waals surface area contributed by atoms with E-state index in [0.717, 1.165) is 31.2 Å². The maximum atomic E-state index is 12.5. The van der Waals surface area contributed by atoms with E-state index in [0.29, 0.717) is 17.2 Å². The van der Waals surface area contributed by atoms with Crippen molar-refractivity contribution in [2.45, 2.75) is 37.0 Å². The molecule has 2 aromatic rings. The molecule has 29 heavy (non-hydrogen) atoms. The minimum Gasteiger partial charge on any atom is -0.497 e. The summed E-state index contributed by atoms with van der Waals surface area (Å²) >= 11 is 0. The smallest absolute Gasteiger partial charge is 0.240 e. The summed E-state index contributed by atoms with van der Waals surface area (Å²) in [4.78, 5) is 12.4. The van der Waals surface area contributed by atoms with Gasteiger partial charge in [-0.15, -0.1) is 0 Å². The predicted molar refractivity (Wildman–Crippen MR) is 111 cm³/mol. The highest BCUT2D eigenvalue weighted by Crippen LogP contribution is 2.26. The van der Waals surface area contributed by atoms with Crippen molar-refractivity contribution in [2.75, 3.05) is 26.1 Å². The largest absolute Gasteiger partial charge is 0.497 e. The minimum absolute atomic E-state index is 0.00367. The Morgan fingerprint density at radius 2 is 1.62 bits per heavy atom. The van der Waals surface area contributed by atoms with Gasteiger partial charge in [0.25, 0.3) is 0 Å². The van der Waals surface area contributed by atoms with E-state index in [1.54, 1.807) is 30.3 Å². The van der Waals surface area contributed by atoms with Crippen molar-refractivity contribution < 1.29 is 22.7 Å². The molecular formula is C21H26N2O5S. The minimum atomic E-state index is -3.65. The number of rotatable bonds is 8. The molecule has 0 atom stereocenters. The number of carbonyl (C=O) groups is 1. The number of methoxy groups -OCH3 is 2. The Hall–Kier alpha value is -2.58. The van der Waals surface area contributed by atoms with Crippen LogP contribution in [0.15, 0.2) is 41.3 Å². The SMILES string of the molecule is COc1cc(NC(=O)CCNS(=O)(=O)c2ccc3c(c2)CCCC3)cc(OC)c1. The Morgan fingerprint density at radius 1 is 0.966 bits per heavy atom. The first-order chi connectivity index (χ1) is 13.9. The maximum absolute atomic E-state index is 12.5. The highest BCUT2D eigenvalue weighted by molar-refractivity contribution is 7.89. The number of hydrogen-bond acceptors (Lipinski definition) is 5. The summed E-state index contributed by atoms with van der Waals surface area (Å²) in [6.45, 7) is 0.00630. The normalized spacial score (nSPS) is 13.4. The van der Waals surface area contributed by atoms with Crippen LogP contribution in [0.2, 0.25) is 0 Å². The first-order valence-electron chi connectivity index (χ1n) is 9.55. The van der Waals surface area contributed by atoms with Gasteiger partial charge in [-0.05, 0) is 48.9 Å². The molecule has 0 fully saturated rings. The van der Waals surface area contributed by atoms with Gasteiger partial charge in [-0.1, -0.05) is 6.07 Å². The summed E-state index contributed by atoms with van der Waals surface area (Å²) in [5.74, 6) is 0.786. The zero-order chi connectivity index (χ0) is 20.9. The molecule has 0 spiro atoms. The Balaban J connectivity index is 1.57. The predicted octanol–water partition coefficient (Wildman–Crippen LogP) is 2.89. The van der Waals surface area contributed by atoms with Gasteiger partial charge in [-0.25, -0.2) is 13.1 Å². The molecule has 0 saturated heterocycles. The number of amides is 1. The fraction of sp³-hybridized carbons (Fsp3) is 0.381. The third kappa shape index (κ3) is 5.48.